The van der Waals surface area contributed by atoms with E-state index >= 15 is 0 Å². The summed E-state index contributed by atoms with van der Waals surface area (Å²) < 4.78 is 0. The van der Waals surface area contributed by atoms with Gasteiger partial charge < -0.3 is 15.5 Å². The number of amides is 1. The molecule has 1 fully saturated rings. The molecule has 1 atom stereocenters. The van der Waals surface area contributed by atoms with E-state index < -0.39 is 0 Å². The minimum Gasteiger partial charge on any atom is -0.334 e. The highest BCUT2D eigenvalue weighted by Gasteiger charge is 2.26. The Kier molecular flexibility index (Phi) is 3.76. The van der Waals surface area contributed by atoms with Gasteiger partial charge in [0.1, 0.15) is 10.7 Å². The molecular formula is C11H18N4OS. The second-order valence-electron chi connectivity index (χ2n) is 4.41. The van der Waals surface area contributed by atoms with Crippen LogP contribution >= 0.6 is 11.3 Å². The van der Waals surface area contributed by atoms with Crippen molar-refractivity contribution in [1.29, 1.82) is 0 Å². The average molecular weight is 254 g/mol. The van der Waals surface area contributed by atoms with E-state index in [1.165, 1.54) is 11.3 Å². The monoisotopic (exact) mass is 254 g/mol. The molecule has 1 saturated heterocycles. The summed E-state index contributed by atoms with van der Waals surface area (Å²) in [7, 11) is 2.09. The third-order valence-corrected chi connectivity index (χ3v) is 4.06. The van der Waals surface area contributed by atoms with Crippen LogP contribution in [0.1, 0.15) is 22.4 Å². The van der Waals surface area contributed by atoms with Crippen molar-refractivity contribution < 1.29 is 4.79 Å². The van der Waals surface area contributed by atoms with Crippen LogP contribution in [0.25, 0.3) is 0 Å². The van der Waals surface area contributed by atoms with Crippen molar-refractivity contribution in [2.24, 2.45) is 5.73 Å². The predicted octanol–water partition coefficient (Wildman–Crippen LogP) is 0.378. The van der Waals surface area contributed by atoms with Crippen LogP contribution in [-0.2, 0) is 6.54 Å². The number of piperazine rings is 1. The first-order valence-corrected chi connectivity index (χ1v) is 6.63. The third-order valence-electron chi connectivity index (χ3n) is 3.19. The third kappa shape index (κ3) is 2.65. The maximum Gasteiger partial charge on any atom is 0.273 e. The molecule has 17 heavy (non-hydrogen) atoms. The molecule has 1 aromatic rings. The number of nitrogens with zero attached hydrogens (tertiary/aromatic N) is 3. The average Bonchev–Trinajstić information content (AvgIpc) is 2.80. The molecular weight excluding hydrogens is 236 g/mol. The molecule has 0 aliphatic carbocycles. The number of carbonyl (C=O) groups excluding carboxylic acids is 1. The normalized spacial score (nSPS) is 21.8. The van der Waals surface area contributed by atoms with Crippen LogP contribution in [0.2, 0.25) is 0 Å². The van der Waals surface area contributed by atoms with Crippen molar-refractivity contribution in [2.45, 2.75) is 19.5 Å². The Morgan fingerprint density at radius 3 is 3.00 bits per heavy atom. The smallest absolute Gasteiger partial charge is 0.273 e. The van der Waals surface area contributed by atoms with Crippen molar-refractivity contribution in [3.05, 3.63) is 16.1 Å². The first-order valence-electron chi connectivity index (χ1n) is 5.75. The van der Waals surface area contributed by atoms with Crippen LogP contribution in [0.15, 0.2) is 5.38 Å². The highest BCUT2D eigenvalue weighted by Crippen LogP contribution is 2.14. The molecule has 6 heteroatoms. The Hall–Kier alpha value is -0.980. The van der Waals surface area contributed by atoms with Gasteiger partial charge >= 0.3 is 0 Å². The van der Waals surface area contributed by atoms with E-state index in [0.717, 1.165) is 24.6 Å². The number of aromatic nitrogens is 1. The Labute approximate surface area is 105 Å². The van der Waals surface area contributed by atoms with Gasteiger partial charge in [0.15, 0.2) is 0 Å². The fourth-order valence-corrected chi connectivity index (χ4v) is 2.55. The number of nitrogens with two attached hydrogens (primary N) is 1. The van der Waals surface area contributed by atoms with Gasteiger partial charge in [0, 0.05) is 37.6 Å². The molecule has 1 amide bonds. The van der Waals surface area contributed by atoms with E-state index in [9.17, 15) is 4.79 Å². The first kappa shape index (κ1) is 12.5. The molecule has 0 aromatic carbocycles. The number of hydrogen-bond acceptors (Lipinski definition) is 5. The van der Waals surface area contributed by atoms with E-state index in [-0.39, 0.29) is 5.91 Å². The number of likely N-dealkylation sites (N-methyl/N-ethyl adjacent to an activating group) is 1. The van der Waals surface area contributed by atoms with E-state index in [4.69, 9.17) is 5.73 Å². The molecule has 1 aliphatic rings. The van der Waals surface area contributed by atoms with Gasteiger partial charge in [-0.2, -0.15) is 0 Å². The van der Waals surface area contributed by atoms with Gasteiger partial charge in [-0.3, -0.25) is 4.79 Å². The van der Waals surface area contributed by atoms with Crippen molar-refractivity contribution in [3.8, 4) is 0 Å². The number of hydrogen-bond donors (Lipinski definition) is 1. The summed E-state index contributed by atoms with van der Waals surface area (Å²) in [5.41, 5.74) is 6.03. The minimum absolute atomic E-state index is 0.0286. The van der Waals surface area contributed by atoms with Crippen molar-refractivity contribution in [1.82, 2.24) is 14.8 Å². The van der Waals surface area contributed by atoms with Gasteiger partial charge in [-0.1, -0.05) is 0 Å². The fourth-order valence-electron chi connectivity index (χ4n) is 1.90. The molecule has 2 N–H and O–H groups in total. The SMILES string of the molecule is CC1CN(C(=O)c2csc(CN)n2)CCN1C. The lowest BCUT2D eigenvalue weighted by atomic mass is 10.2. The van der Waals surface area contributed by atoms with E-state index in [2.05, 4.69) is 23.9 Å². The van der Waals surface area contributed by atoms with Crippen LogP contribution in [0.4, 0.5) is 0 Å². The zero-order valence-electron chi connectivity index (χ0n) is 10.2. The molecule has 94 valence electrons. The molecule has 0 spiro atoms. The quantitative estimate of drug-likeness (QED) is 0.828. The summed E-state index contributed by atoms with van der Waals surface area (Å²) in [6, 6.07) is 0.403. The fraction of sp³-hybridized carbons (Fsp3) is 0.636. The molecule has 2 heterocycles. The number of rotatable bonds is 2. The zero-order chi connectivity index (χ0) is 12.4. The summed E-state index contributed by atoms with van der Waals surface area (Å²) in [5, 5.41) is 2.61. The van der Waals surface area contributed by atoms with Crippen LogP contribution in [0.5, 0.6) is 0 Å². The van der Waals surface area contributed by atoms with Crippen LogP contribution in [-0.4, -0.2) is 53.4 Å². The zero-order valence-corrected chi connectivity index (χ0v) is 11.0. The summed E-state index contributed by atoms with van der Waals surface area (Å²) in [5.74, 6) is 0.0286. The topological polar surface area (TPSA) is 62.5 Å². The summed E-state index contributed by atoms with van der Waals surface area (Å²) in [6.45, 7) is 4.99. The Bertz CT molecular complexity index is 406. The van der Waals surface area contributed by atoms with Crippen LogP contribution in [0, 0.1) is 0 Å². The Balaban J connectivity index is 2.05. The molecule has 0 bridgehead atoms. The highest BCUT2D eigenvalue weighted by molar-refractivity contribution is 7.09. The van der Waals surface area contributed by atoms with Crippen LogP contribution < -0.4 is 5.73 Å². The molecule has 1 aliphatic heterocycles. The second-order valence-corrected chi connectivity index (χ2v) is 5.35. The number of carbonyl (C=O) groups is 1. The summed E-state index contributed by atoms with van der Waals surface area (Å²) in [6.07, 6.45) is 0. The van der Waals surface area contributed by atoms with Crippen molar-refractivity contribution in [2.75, 3.05) is 26.7 Å². The molecule has 1 unspecified atom stereocenters. The lowest BCUT2D eigenvalue weighted by Crippen LogP contribution is -2.52. The van der Waals surface area contributed by atoms with E-state index in [1.807, 2.05) is 4.90 Å². The van der Waals surface area contributed by atoms with E-state index in [1.54, 1.807) is 5.38 Å². The maximum atomic E-state index is 12.2. The summed E-state index contributed by atoms with van der Waals surface area (Å²) >= 11 is 1.45. The van der Waals surface area contributed by atoms with Gasteiger partial charge in [-0.05, 0) is 14.0 Å². The molecule has 2 rings (SSSR count). The predicted molar refractivity (Wildman–Crippen MR) is 68.0 cm³/mol. The summed E-state index contributed by atoms with van der Waals surface area (Å²) in [4.78, 5) is 20.6. The van der Waals surface area contributed by atoms with Crippen molar-refractivity contribution in [3.63, 3.8) is 0 Å². The standard InChI is InChI=1S/C11H18N4OS/c1-8-6-15(4-3-14(8)2)11(16)9-7-17-10(5-12)13-9/h7-8H,3-6,12H2,1-2H3. The van der Waals surface area contributed by atoms with Gasteiger partial charge in [0.2, 0.25) is 0 Å². The van der Waals surface area contributed by atoms with Gasteiger partial charge in [-0.25, -0.2) is 4.98 Å². The molecule has 0 saturated carbocycles. The molecule has 1 aromatic heterocycles. The van der Waals surface area contributed by atoms with Gasteiger partial charge in [0.05, 0.1) is 0 Å². The maximum absolute atomic E-state index is 12.2. The first-order chi connectivity index (χ1) is 8.11. The molecule has 0 radical (unpaired) electrons. The minimum atomic E-state index is 0.0286. The lowest BCUT2D eigenvalue weighted by Gasteiger charge is -2.37. The largest absolute Gasteiger partial charge is 0.334 e. The van der Waals surface area contributed by atoms with Crippen LogP contribution in [0.3, 0.4) is 0 Å². The highest BCUT2D eigenvalue weighted by atomic mass is 32.1. The van der Waals surface area contributed by atoms with E-state index in [0.29, 0.717) is 18.3 Å². The second kappa shape index (κ2) is 5.12. The van der Waals surface area contributed by atoms with Gasteiger partial charge in [-0.15, -0.1) is 11.3 Å². The number of thiazole rings is 1. The van der Waals surface area contributed by atoms with Gasteiger partial charge in [0.25, 0.3) is 5.91 Å². The van der Waals surface area contributed by atoms with Crippen molar-refractivity contribution >= 4 is 17.2 Å². The lowest BCUT2D eigenvalue weighted by molar-refractivity contribution is 0.0567. The molecule has 5 nitrogen and oxygen atoms in total. The Morgan fingerprint density at radius 1 is 1.65 bits per heavy atom. The Morgan fingerprint density at radius 2 is 2.41 bits per heavy atom.